The van der Waals surface area contributed by atoms with E-state index in [9.17, 15) is 9.18 Å². The molecule has 7 heteroatoms. The van der Waals surface area contributed by atoms with Gasteiger partial charge in [0.2, 0.25) is 6.36 Å². The zero-order valence-corrected chi connectivity index (χ0v) is 16.2. The van der Waals surface area contributed by atoms with Crippen LogP contribution in [0.2, 0.25) is 0 Å². The summed E-state index contributed by atoms with van der Waals surface area (Å²) in [7, 11) is 1.58. The molecule has 1 aliphatic rings. The maximum atomic E-state index is 13.3. The van der Waals surface area contributed by atoms with Crippen LogP contribution in [0.25, 0.3) is 0 Å². The standard InChI is InChI=1S/C21H21FN4O2/c1-5-6-17-12-16(9-10-24-17)21(19(27)26(4)20(23)25-21)15-7-8-18(13(2)11-15)28-14(3)22/h7-12,14H,1-4H3,(H2,23,25). The van der Waals surface area contributed by atoms with Crippen LogP contribution in [0, 0.1) is 18.8 Å². The van der Waals surface area contributed by atoms with Crippen molar-refractivity contribution < 1.29 is 13.9 Å². The van der Waals surface area contributed by atoms with Crippen molar-refractivity contribution in [3.05, 3.63) is 58.9 Å². The molecule has 2 unspecified atom stereocenters. The third kappa shape index (κ3) is 3.18. The van der Waals surface area contributed by atoms with Crippen LogP contribution < -0.4 is 10.5 Å². The van der Waals surface area contributed by atoms with Gasteiger partial charge >= 0.3 is 0 Å². The van der Waals surface area contributed by atoms with E-state index < -0.39 is 11.9 Å². The second-order valence-electron chi connectivity index (χ2n) is 6.49. The van der Waals surface area contributed by atoms with Crippen LogP contribution in [0.5, 0.6) is 5.75 Å². The molecular formula is C21H21FN4O2. The number of alkyl halides is 1. The Morgan fingerprint density at radius 1 is 1.29 bits per heavy atom. The monoisotopic (exact) mass is 380 g/mol. The summed E-state index contributed by atoms with van der Waals surface area (Å²) < 4.78 is 18.4. The predicted molar refractivity (Wildman–Crippen MR) is 104 cm³/mol. The van der Waals surface area contributed by atoms with Crippen molar-refractivity contribution in [1.29, 1.82) is 0 Å². The van der Waals surface area contributed by atoms with Gasteiger partial charge in [-0.05, 0) is 60.7 Å². The number of aromatic nitrogens is 1. The van der Waals surface area contributed by atoms with Gasteiger partial charge in [0.05, 0.1) is 0 Å². The van der Waals surface area contributed by atoms with Crippen molar-refractivity contribution in [2.24, 2.45) is 10.7 Å². The highest BCUT2D eigenvalue weighted by Gasteiger charge is 2.49. The fourth-order valence-corrected chi connectivity index (χ4v) is 3.22. The molecule has 28 heavy (non-hydrogen) atoms. The smallest absolute Gasteiger partial charge is 0.266 e. The summed E-state index contributed by atoms with van der Waals surface area (Å²) in [5.74, 6) is 5.91. The number of benzene rings is 1. The van der Waals surface area contributed by atoms with Crippen molar-refractivity contribution in [3.63, 3.8) is 0 Å². The molecular weight excluding hydrogens is 359 g/mol. The Kier molecular flexibility index (Phi) is 5.06. The molecule has 2 aromatic rings. The van der Waals surface area contributed by atoms with Gasteiger partial charge in [0, 0.05) is 20.2 Å². The predicted octanol–water partition coefficient (Wildman–Crippen LogP) is 2.49. The van der Waals surface area contributed by atoms with E-state index >= 15 is 0 Å². The number of carbonyl (C=O) groups excluding carboxylic acids is 1. The van der Waals surface area contributed by atoms with Crippen LogP contribution in [0.15, 0.2) is 41.5 Å². The number of pyridine rings is 1. The summed E-state index contributed by atoms with van der Waals surface area (Å²) in [5.41, 5.74) is 7.03. The third-order valence-electron chi connectivity index (χ3n) is 4.55. The van der Waals surface area contributed by atoms with Crippen molar-refractivity contribution >= 4 is 11.9 Å². The normalized spacial score (nSPS) is 19.7. The molecule has 1 aliphatic heterocycles. The molecule has 2 heterocycles. The van der Waals surface area contributed by atoms with Crippen LogP contribution in [-0.2, 0) is 10.3 Å². The molecule has 1 aromatic carbocycles. The molecule has 0 saturated heterocycles. The lowest BCUT2D eigenvalue weighted by molar-refractivity contribution is -0.129. The van der Waals surface area contributed by atoms with E-state index in [1.54, 1.807) is 57.4 Å². The molecule has 1 amide bonds. The van der Waals surface area contributed by atoms with E-state index in [0.717, 1.165) is 0 Å². The minimum Gasteiger partial charge on any atom is -0.460 e. The van der Waals surface area contributed by atoms with Gasteiger partial charge < -0.3 is 10.5 Å². The molecule has 1 aromatic heterocycles. The highest BCUT2D eigenvalue weighted by Crippen LogP contribution is 2.40. The Balaban J connectivity index is 2.22. The first-order valence-electron chi connectivity index (χ1n) is 8.74. The molecule has 2 N–H and O–H groups in total. The summed E-state index contributed by atoms with van der Waals surface area (Å²) in [6, 6.07) is 8.54. The second-order valence-corrected chi connectivity index (χ2v) is 6.49. The van der Waals surface area contributed by atoms with Crippen LogP contribution in [0.3, 0.4) is 0 Å². The SMILES string of the molecule is CC#Cc1cc(C2(c3ccc(OC(C)F)c(C)c3)N=C(N)N(C)C2=O)ccn1. The number of hydrogen-bond donors (Lipinski definition) is 1. The highest BCUT2D eigenvalue weighted by molar-refractivity contribution is 6.08. The van der Waals surface area contributed by atoms with E-state index in [1.165, 1.54) is 11.8 Å². The molecule has 0 saturated carbocycles. The minimum absolute atomic E-state index is 0.111. The number of halogens is 1. The molecule has 0 spiro atoms. The Bertz CT molecular complexity index is 1020. The Morgan fingerprint density at radius 2 is 2.00 bits per heavy atom. The van der Waals surface area contributed by atoms with E-state index in [4.69, 9.17) is 10.5 Å². The maximum absolute atomic E-state index is 13.3. The summed E-state index contributed by atoms with van der Waals surface area (Å²) in [4.78, 5) is 23.3. The number of hydrogen-bond acceptors (Lipinski definition) is 5. The molecule has 0 fully saturated rings. The number of ether oxygens (including phenoxy) is 1. The van der Waals surface area contributed by atoms with Crippen LogP contribution in [0.1, 0.15) is 36.2 Å². The number of aryl methyl sites for hydroxylation is 1. The number of likely N-dealkylation sites (N-methyl/N-ethyl adjacent to an activating group) is 1. The van der Waals surface area contributed by atoms with Crippen molar-refractivity contribution in [1.82, 2.24) is 9.88 Å². The van der Waals surface area contributed by atoms with Gasteiger partial charge in [-0.2, -0.15) is 0 Å². The molecule has 2 atom stereocenters. The third-order valence-corrected chi connectivity index (χ3v) is 4.55. The lowest BCUT2D eigenvalue weighted by Gasteiger charge is -2.27. The first-order valence-corrected chi connectivity index (χ1v) is 8.74. The first kappa shape index (κ1) is 19.4. The van der Waals surface area contributed by atoms with Gasteiger partial charge in [-0.15, -0.1) is 0 Å². The summed E-state index contributed by atoms with van der Waals surface area (Å²) in [6.07, 6.45) is 0.144. The molecule has 144 valence electrons. The molecule has 6 nitrogen and oxygen atoms in total. The topological polar surface area (TPSA) is 80.8 Å². The van der Waals surface area contributed by atoms with E-state index in [1.807, 2.05) is 0 Å². The van der Waals surface area contributed by atoms with Gasteiger partial charge in [0.25, 0.3) is 5.91 Å². The lowest BCUT2D eigenvalue weighted by Crippen LogP contribution is -2.41. The fourth-order valence-electron chi connectivity index (χ4n) is 3.22. The number of guanidine groups is 1. The second kappa shape index (κ2) is 7.31. The molecule has 0 aliphatic carbocycles. The summed E-state index contributed by atoms with van der Waals surface area (Å²) in [6.45, 7) is 4.80. The van der Waals surface area contributed by atoms with E-state index in [-0.39, 0.29) is 11.9 Å². The average molecular weight is 380 g/mol. The minimum atomic E-state index is -1.44. The molecule has 0 radical (unpaired) electrons. The number of aliphatic imine (C=N–C) groups is 1. The largest absolute Gasteiger partial charge is 0.460 e. The number of rotatable bonds is 4. The summed E-state index contributed by atoms with van der Waals surface area (Å²) in [5, 5.41) is 0. The quantitative estimate of drug-likeness (QED) is 0.827. The number of nitrogens with zero attached hydrogens (tertiary/aromatic N) is 3. The van der Waals surface area contributed by atoms with Gasteiger partial charge in [-0.1, -0.05) is 12.0 Å². The zero-order chi connectivity index (χ0) is 20.5. The Morgan fingerprint density at radius 3 is 2.57 bits per heavy atom. The number of amides is 1. The van der Waals surface area contributed by atoms with Crippen molar-refractivity contribution in [2.45, 2.75) is 32.7 Å². The fraction of sp³-hybridized carbons (Fsp3) is 0.286. The van der Waals surface area contributed by atoms with E-state index in [2.05, 4.69) is 21.8 Å². The summed E-state index contributed by atoms with van der Waals surface area (Å²) >= 11 is 0. The molecule has 0 bridgehead atoms. The van der Waals surface area contributed by atoms with Crippen LogP contribution in [0.4, 0.5) is 4.39 Å². The maximum Gasteiger partial charge on any atom is 0.266 e. The van der Waals surface area contributed by atoms with Gasteiger partial charge in [-0.25, -0.2) is 14.4 Å². The van der Waals surface area contributed by atoms with Gasteiger partial charge in [0.1, 0.15) is 11.4 Å². The van der Waals surface area contributed by atoms with E-state index in [0.29, 0.717) is 28.1 Å². The average Bonchev–Trinajstić information content (AvgIpc) is 2.88. The highest BCUT2D eigenvalue weighted by atomic mass is 19.1. The molecule has 3 rings (SSSR count). The van der Waals surface area contributed by atoms with Gasteiger partial charge in [0.15, 0.2) is 11.5 Å². The Labute approximate surface area is 163 Å². The van der Waals surface area contributed by atoms with Crippen molar-refractivity contribution in [3.8, 4) is 17.6 Å². The van der Waals surface area contributed by atoms with Gasteiger partial charge in [-0.3, -0.25) is 9.69 Å². The van der Waals surface area contributed by atoms with Crippen LogP contribution in [-0.4, -0.2) is 35.2 Å². The van der Waals surface area contributed by atoms with Crippen LogP contribution >= 0.6 is 0 Å². The Hall–Kier alpha value is -3.40. The van der Waals surface area contributed by atoms with Crippen molar-refractivity contribution in [2.75, 3.05) is 7.05 Å². The number of carbonyl (C=O) groups is 1. The lowest BCUT2D eigenvalue weighted by atomic mass is 9.82. The zero-order valence-electron chi connectivity index (χ0n) is 16.2. The first-order chi connectivity index (χ1) is 13.3. The number of nitrogens with two attached hydrogens (primary N) is 1.